The molecule has 0 unspecified atom stereocenters. The summed E-state index contributed by atoms with van der Waals surface area (Å²) in [5.41, 5.74) is 2.60. The van der Waals surface area contributed by atoms with Gasteiger partial charge in [0.25, 0.3) is 0 Å². The number of benzene rings is 1. The summed E-state index contributed by atoms with van der Waals surface area (Å²) in [7, 11) is 3.93. The maximum atomic E-state index is 5.44. The van der Waals surface area contributed by atoms with Gasteiger partial charge in [0, 0.05) is 26.7 Å². The molecule has 0 aliphatic rings. The first-order valence-corrected chi connectivity index (χ1v) is 9.45. The first-order chi connectivity index (χ1) is 12.7. The van der Waals surface area contributed by atoms with E-state index in [-0.39, 0.29) is 24.0 Å². The van der Waals surface area contributed by atoms with E-state index in [4.69, 9.17) is 4.42 Å². The van der Waals surface area contributed by atoms with Gasteiger partial charge in [0.1, 0.15) is 5.76 Å². The van der Waals surface area contributed by atoms with E-state index in [0.717, 1.165) is 37.9 Å². The van der Waals surface area contributed by atoms with Crippen LogP contribution in [0.3, 0.4) is 0 Å². The van der Waals surface area contributed by atoms with E-state index in [1.807, 2.05) is 19.2 Å². The Morgan fingerprint density at radius 3 is 2.48 bits per heavy atom. The fourth-order valence-corrected chi connectivity index (χ4v) is 2.88. The molecule has 0 spiro atoms. The number of hydrogen-bond acceptors (Lipinski definition) is 3. The smallest absolute Gasteiger partial charge is 0.191 e. The fraction of sp³-hybridized carbons (Fsp3) is 0.476. The Morgan fingerprint density at radius 2 is 1.81 bits per heavy atom. The molecule has 6 heteroatoms. The van der Waals surface area contributed by atoms with Gasteiger partial charge in [-0.25, -0.2) is 0 Å². The molecular weight excluding hydrogens is 451 g/mol. The Balaban J connectivity index is 0.00000364. The molecule has 0 radical (unpaired) electrons. The molecule has 0 amide bonds. The third-order valence-electron chi connectivity index (χ3n) is 4.31. The largest absolute Gasteiger partial charge is 0.468 e. The highest BCUT2D eigenvalue weighted by Gasteiger charge is 2.08. The Morgan fingerprint density at radius 1 is 1.04 bits per heavy atom. The molecule has 0 saturated heterocycles. The third-order valence-corrected chi connectivity index (χ3v) is 4.31. The van der Waals surface area contributed by atoms with Crippen LogP contribution in [0.25, 0.3) is 0 Å². The average molecular weight is 484 g/mol. The van der Waals surface area contributed by atoms with Gasteiger partial charge in [0.05, 0.1) is 12.8 Å². The lowest BCUT2D eigenvalue weighted by atomic mass is 10.1. The number of unbranched alkanes of at least 4 members (excludes halogenated alkanes) is 2. The molecule has 2 N–H and O–H groups in total. The van der Waals surface area contributed by atoms with Gasteiger partial charge >= 0.3 is 0 Å². The molecule has 1 heterocycles. The van der Waals surface area contributed by atoms with E-state index in [1.165, 1.54) is 30.4 Å². The van der Waals surface area contributed by atoms with Crippen molar-refractivity contribution in [2.24, 2.45) is 4.99 Å². The van der Waals surface area contributed by atoms with Crippen LogP contribution in [0, 0.1) is 0 Å². The second kappa shape index (κ2) is 13.6. The van der Waals surface area contributed by atoms with Crippen molar-refractivity contribution in [2.75, 3.05) is 20.6 Å². The number of guanidine groups is 1. The van der Waals surface area contributed by atoms with Gasteiger partial charge in [0.2, 0.25) is 0 Å². The maximum absolute atomic E-state index is 5.44. The molecule has 0 saturated carbocycles. The summed E-state index contributed by atoms with van der Waals surface area (Å²) in [5, 5.41) is 6.80. The summed E-state index contributed by atoms with van der Waals surface area (Å²) < 4.78 is 5.44. The van der Waals surface area contributed by atoms with Crippen LogP contribution in [0.1, 0.15) is 43.1 Å². The van der Waals surface area contributed by atoms with E-state index >= 15 is 0 Å². The van der Waals surface area contributed by atoms with Crippen molar-refractivity contribution in [3.8, 4) is 0 Å². The number of hydrogen-bond donors (Lipinski definition) is 2. The predicted octanol–water partition coefficient (Wildman–Crippen LogP) is 4.38. The lowest BCUT2D eigenvalue weighted by Gasteiger charge is -2.19. The Kier molecular flexibility index (Phi) is 11.8. The van der Waals surface area contributed by atoms with Crippen molar-refractivity contribution in [3.05, 3.63) is 59.5 Å². The molecule has 150 valence electrons. The van der Waals surface area contributed by atoms with Crippen molar-refractivity contribution in [1.82, 2.24) is 15.5 Å². The summed E-state index contributed by atoms with van der Waals surface area (Å²) in [6.45, 7) is 5.61. The van der Waals surface area contributed by atoms with Crippen LogP contribution in [-0.2, 0) is 19.6 Å². The molecule has 5 nitrogen and oxygen atoms in total. The number of halogens is 1. The summed E-state index contributed by atoms with van der Waals surface area (Å²) in [6, 6.07) is 12.5. The predicted molar refractivity (Wildman–Crippen MR) is 123 cm³/mol. The normalized spacial score (nSPS) is 11.3. The Labute approximate surface area is 180 Å². The minimum absolute atomic E-state index is 0. The van der Waals surface area contributed by atoms with Gasteiger partial charge in [-0.1, -0.05) is 44.0 Å². The standard InChI is InChI=1S/C21H32N4O.HI/c1-4-5-8-13-23-21(22-2)24-15-18-10-6-7-11-19(18)16-25(3)17-20-12-9-14-26-20;/h6-7,9-12,14H,4-5,8,13,15-17H2,1-3H3,(H2,22,23,24);1H. The molecular formula is C21H33IN4O. The molecule has 1 aromatic heterocycles. The van der Waals surface area contributed by atoms with Gasteiger partial charge in [-0.2, -0.15) is 0 Å². The first-order valence-electron chi connectivity index (χ1n) is 9.45. The maximum Gasteiger partial charge on any atom is 0.191 e. The zero-order chi connectivity index (χ0) is 18.6. The molecule has 0 aliphatic heterocycles. The van der Waals surface area contributed by atoms with E-state index in [0.29, 0.717) is 0 Å². The molecule has 2 rings (SSSR count). The second-order valence-corrected chi connectivity index (χ2v) is 6.58. The van der Waals surface area contributed by atoms with E-state index < -0.39 is 0 Å². The van der Waals surface area contributed by atoms with Crippen LogP contribution in [0.5, 0.6) is 0 Å². The van der Waals surface area contributed by atoms with Crippen LogP contribution in [0.15, 0.2) is 52.1 Å². The lowest BCUT2D eigenvalue weighted by Crippen LogP contribution is -2.37. The van der Waals surface area contributed by atoms with Crippen LogP contribution < -0.4 is 10.6 Å². The zero-order valence-corrected chi connectivity index (χ0v) is 19.0. The Bertz CT molecular complexity index is 658. The molecule has 2 aromatic rings. The van der Waals surface area contributed by atoms with Crippen LogP contribution in [-0.4, -0.2) is 31.5 Å². The highest BCUT2D eigenvalue weighted by atomic mass is 127. The zero-order valence-electron chi connectivity index (χ0n) is 16.7. The van der Waals surface area contributed by atoms with Gasteiger partial charge in [-0.15, -0.1) is 24.0 Å². The van der Waals surface area contributed by atoms with Gasteiger partial charge in [-0.3, -0.25) is 9.89 Å². The van der Waals surface area contributed by atoms with E-state index in [2.05, 4.69) is 58.8 Å². The summed E-state index contributed by atoms with van der Waals surface area (Å²) in [6.07, 6.45) is 5.37. The van der Waals surface area contributed by atoms with Crippen LogP contribution in [0.4, 0.5) is 0 Å². The first kappa shape index (κ1) is 23.5. The summed E-state index contributed by atoms with van der Waals surface area (Å²) >= 11 is 0. The average Bonchev–Trinajstić information content (AvgIpc) is 3.15. The van der Waals surface area contributed by atoms with Crippen molar-refractivity contribution in [3.63, 3.8) is 0 Å². The van der Waals surface area contributed by atoms with E-state index in [1.54, 1.807) is 6.26 Å². The minimum atomic E-state index is 0. The number of aliphatic imine (C=N–C) groups is 1. The molecule has 1 aromatic carbocycles. The number of nitrogens with one attached hydrogen (secondary N) is 2. The SMILES string of the molecule is CCCCCNC(=NC)NCc1ccccc1CN(C)Cc1ccco1.I. The molecule has 27 heavy (non-hydrogen) atoms. The lowest BCUT2D eigenvalue weighted by molar-refractivity contribution is 0.287. The molecule has 0 bridgehead atoms. The number of nitrogens with zero attached hydrogens (tertiary/aromatic N) is 2. The summed E-state index contributed by atoms with van der Waals surface area (Å²) in [5.74, 6) is 1.85. The van der Waals surface area contributed by atoms with Gasteiger partial charge < -0.3 is 15.1 Å². The topological polar surface area (TPSA) is 52.8 Å². The van der Waals surface area contributed by atoms with Crippen molar-refractivity contribution < 1.29 is 4.42 Å². The molecule has 0 aliphatic carbocycles. The number of rotatable bonds is 10. The molecule has 0 fully saturated rings. The monoisotopic (exact) mass is 484 g/mol. The van der Waals surface area contributed by atoms with Crippen molar-refractivity contribution in [1.29, 1.82) is 0 Å². The third kappa shape index (κ3) is 8.79. The van der Waals surface area contributed by atoms with E-state index in [9.17, 15) is 0 Å². The molecule has 0 atom stereocenters. The fourth-order valence-electron chi connectivity index (χ4n) is 2.88. The number of furan rings is 1. The second-order valence-electron chi connectivity index (χ2n) is 6.58. The van der Waals surface area contributed by atoms with Crippen molar-refractivity contribution in [2.45, 2.75) is 45.8 Å². The summed E-state index contributed by atoms with van der Waals surface area (Å²) in [4.78, 5) is 6.57. The Hall–Kier alpha value is -1.54. The van der Waals surface area contributed by atoms with Crippen LogP contribution in [0.2, 0.25) is 0 Å². The quantitative estimate of drug-likeness (QED) is 0.228. The highest BCUT2D eigenvalue weighted by Crippen LogP contribution is 2.13. The minimum Gasteiger partial charge on any atom is -0.468 e. The highest BCUT2D eigenvalue weighted by molar-refractivity contribution is 14.0. The van der Waals surface area contributed by atoms with Gasteiger partial charge in [0.15, 0.2) is 5.96 Å². The van der Waals surface area contributed by atoms with Gasteiger partial charge in [-0.05, 0) is 36.7 Å². The van der Waals surface area contributed by atoms with Crippen molar-refractivity contribution >= 4 is 29.9 Å². The van der Waals surface area contributed by atoms with Crippen LogP contribution >= 0.6 is 24.0 Å².